The van der Waals surface area contributed by atoms with Crippen LogP contribution in [0.4, 0.5) is 0 Å². The van der Waals surface area contributed by atoms with Gasteiger partial charge in [-0.3, -0.25) is 0 Å². The van der Waals surface area contributed by atoms with Crippen molar-refractivity contribution in [2.24, 2.45) is 5.92 Å². The summed E-state index contributed by atoms with van der Waals surface area (Å²) in [5, 5.41) is 0. The molecule has 0 spiro atoms. The van der Waals surface area contributed by atoms with E-state index in [1.54, 1.807) is 0 Å². The molecule has 1 rings (SSSR count). The maximum Gasteiger partial charge on any atom is 0.00664 e. The summed E-state index contributed by atoms with van der Waals surface area (Å²) >= 11 is 0. The lowest BCUT2D eigenvalue weighted by Crippen LogP contribution is -2.31. The zero-order valence-corrected chi connectivity index (χ0v) is 9.55. The van der Waals surface area contributed by atoms with Crippen LogP contribution in [0.2, 0.25) is 0 Å². The molecular formula is C12H25N. The topological polar surface area (TPSA) is 3.24 Å². The molecule has 1 saturated carbocycles. The van der Waals surface area contributed by atoms with Crippen LogP contribution < -0.4 is 0 Å². The third kappa shape index (κ3) is 3.68. The minimum atomic E-state index is 0.785. The Bertz CT molecular complexity index is 127. The van der Waals surface area contributed by atoms with E-state index in [9.17, 15) is 0 Å². The average molecular weight is 183 g/mol. The number of hydrogen-bond donors (Lipinski definition) is 0. The van der Waals surface area contributed by atoms with Crippen LogP contribution in [-0.2, 0) is 0 Å². The van der Waals surface area contributed by atoms with Crippen molar-refractivity contribution in [3.63, 3.8) is 0 Å². The van der Waals surface area contributed by atoms with E-state index in [0.29, 0.717) is 0 Å². The highest BCUT2D eigenvalue weighted by Gasteiger charge is 2.17. The molecule has 1 atom stereocenters. The summed E-state index contributed by atoms with van der Waals surface area (Å²) in [7, 11) is 2.24. The number of nitrogens with zero attached hydrogens (tertiary/aromatic N) is 1. The molecule has 13 heavy (non-hydrogen) atoms. The van der Waals surface area contributed by atoms with Gasteiger partial charge in [0.05, 0.1) is 0 Å². The van der Waals surface area contributed by atoms with Crippen molar-refractivity contribution in [2.45, 2.75) is 58.4 Å². The first-order chi connectivity index (χ1) is 6.24. The smallest absolute Gasteiger partial charge is 0.00664 e. The van der Waals surface area contributed by atoms with E-state index in [-0.39, 0.29) is 0 Å². The highest BCUT2D eigenvalue weighted by Crippen LogP contribution is 2.28. The molecule has 0 radical (unpaired) electrons. The van der Waals surface area contributed by atoms with Gasteiger partial charge in [-0.15, -0.1) is 0 Å². The lowest BCUT2D eigenvalue weighted by atomic mass is 9.85. The molecule has 0 bridgehead atoms. The predicted octanol–water partition coefficient (Wildman–Crippen LogP) is 3.30. The molecule has 0 amide bonds. The molecule has 1 fully saturated rings. The average Bonchev–Trinajstić information content (AvgIpc) is 2.18. The van der Waals surface area contributed by atoms with E-state index in [2.05, 4.69) is 25.8 Å². The summed E-state index contributed by atoms with van der Waals surface area (Å²) in [6.45, 7) is 5.81. The van der Waals surface area contributed by atoms with Gasteiger partial charge in [0.25, 0.3) is 0 Å². The first-order valence-electron chi connectivity index (χ1n) is 5.94. The Kier molecular flexibility index (Phi) is 4.79. The van der Waals surface area contributed by atoms with E-state index in [1.165, 1.54) is 45.1 Å². The van der Waals surface area contributed by atoms with Gasteiger partial charge >= 0.3 is 0 Å². The van der Waals surface area contributed by atoms with E-state index in [4.69, 9.17) is 0 Å². The first-order valence-corrected chi connectivity index (χ1v) is 5.94. The van der Waals surface area contributed by atoms with Crippen LogP contribution in [0, 0.1) is 5.92 Å². The van der Waals surface area contributed by atoms with Gasteiger partial charge in [0.2, 0.25) is 0 Å². The maximum absolute atomic E-state index is 2.47. The summed E-state index contributed by atoms with van der Waals surface area (Å²) in [4.78, 5) is 2.47. The largest absolute Gasteiger partial charge is 0.304 e. The second-order valence-corrected chi connectivity index (χ2v) is 4.66. The molecule has 0 N–H and O–H groups in total. The zero-order chi connectivity index (χ0) is 9.68. The fraction of sp³-hybridized carbons (Fsp3) is 1.00. The summed E-state index contributed by atoms with van der Waals surface area (Å²) < 4.78 is 0. The SMILES string of the molecule is CCN(C)[C@H](C)CC1CCCCC1. The molecule has 0 aromatic rings. The summed E-state index contributed by atoms with van der Waals surface area (Å²) in [5.74, 6) is 1.03. The standard InChI is InChI=1S/C12H25N/c1-4-13(3)11(2)10-12-8-6-5-7-9-12/h11-12H,4-10H2,1-3H3/t11-/m1/s1. The highest BCUT2D eigenvalue weighted by molar-refractivity contribution is 4.72. The monoisotopic (exact) mass is 183 g/mol. The molecule has 1 nitrogen and oxygen atoms in total. The van der Waals surface area contributed by atoms with Gasteiger partial charge < -0.3 is 4.90 Å². The summed E-state index contributed by atoms with van der Waals surface area (Å²) in [5.41, 5.74) is 0. The molecule has 78 valence electrons. The van der Waals surface area contributed by atoms with Crippen molar-refractivity contribution >= 4 is 0 Å². The second kappa shape index (κ2) is 5.64. The van der Waals surface area contributed by atoms with Gasteiger partial charge in [-0.1, -0.05) is 39.0 Å². The van der Waals surface area contributed by atoms with Crippen LogP contribution in [-0.4, -0.2) is 24.5 Å². The van der Waals surface area contributed by atoms with Crippen molar-refractivity contribution in [3.8, 4) is 0 Å². The van der Waals surface area contributed by atoms with Crippen LogP contribution in [0.3, 0.4) is 0 Å². The van der Waals surface area contributed by atoms with Crippen molar-refractivity contribution < 1.29 is 0 Å². The minimum absolute atomic E-state index is 0.785. The zero-order valence-electron chi connectivity index (χ0n) is 9.55. The first kappa shape index (κ1) is 11.0. The third-order valence-corrected chi connectivity index (χ3v) is 3.65. The van der Waals surface area contributed by atoms with E-state index in [1.807, 2.05) is 0 Å². The van der Waals surface area contributed by atoms with E-state index in [0.717, 1.165) is 12.0 Å². The lowest BCUT2D eigenvalue weighted by Gasteiger charge is -2.29. The fourth-order valence-corrected chi connectivity index (χ4v) is 2.40. The Morgan fingerprint density at radius 1 is 1.23 bits per heavy atom. The molecule has 0 saturated heterocycles. The summed E-state index contributed by atoms with van der Waals surface area (Å²) in [6.07, 6.45) is 8.84. The molecule has 0 aromatic carbocycles. The van der Waals surface area contributed by atoms with Crippen LogP contribution in [0.5, 0.6) is 0 Å². The Balaban J connectivity index is 2.21. The van der Waals surface area contributed by atoms with Crippen molar-refractivity contribution in [3.05, 3.63) is 0 Å². The minimum Gasteiger partial charge on any atom is -0.304 e. The van der Waals surface area contributed by atoms with Crippen molar-refractivity contribution in [1.82, 2.24) is 4.90 Å². The lowest BCUT2D eigenvalue weighted by molar-refractivity contribution is 0.207. The van der Waals surface area contributed by atoms with Gasteiger partial charge in [-0.25, -0.2) is 0 Å². The number of hydrogen-bond acceptors (Lipinski definition) is 1. The molecule has 0 aromatic heterocycles. The van der Waals surface area contributed by atoms with Gasteiger partial charge in [-0.2, -0.15) is 0 Å². The molecule has 0 aliphatic heterocycles. The van der Waals surface area contributed by atoms with Gasteiger partial charge in [0.15, 0.2) is 0 Å². The van der Waals surface area contributed by atoms with Gasteiger partial charge in [0.1, 0.15) is 0 Å². The van der Waals surface area contributed by atoms with Crippen LogP contribution in [0.15, 0.2) is 0 Å². The highest BCUT2D eigenvalue weighted by atomic mass is 15.1. The molecular weight excluding hydrogens is 158 g/mol. The summed E-state index contributed by atoms with van der Waals surface area (Å²) in [6, 6.07) is 0.785. The Morgan fingerprint density at radius 2 is 1.85 bits per heavy atom. The predicted molar refractivity (Wildman–Crippen MR) is 59.0 cm³/mol. The maximum atomic E-state index is 2.47. The molecule has 1 aliphatic rings. The van der Waals surface area contributed by atoms with E-state index < -0.39 is 0 Å². The van der Waals surface area contributed by atoms with Crippen LogP contribution in [0.25, 0.3) is 0 Å². The molecule has 0 heterocycles. The third-order valence-electron chi connectivity index (χ3n) is 3.65. The van der Waals surface area contributed by atoms with Gasteiger partial charge in [-0.05, 0) is 32.9 Å². The van der Waals surface area contributed by atoms with Crippen LogP contribution in [0.1, 0.15) is 52.4 Å². The van der Waals surface area contributed by atoms with Gasteiger partial charge in [0, 0.05) is 6.04 Å². The fourth-order valence-electron chi connectivity index (χ4n) is 2.40. The Morgan fingerprint density at radius 3 is 2.38 bits per heavy atom. The second-order valence-electron chi connectivity index (χ2n) is 4.66. The normalized spacial score (nSPS) is 22.2. The van der Waals surface area contributed by atoms with Crippen molar-refractivity contribution in [2.75, 3.05) is 13.6 Å². The molecule has 1 aliphatic carbocycles. The quantitative estimate of drug-likeness (QED) is 0.646. The van der Waals surface area contributed by atoms with Crippen molar-refractivity contribution in [1.29, 1.82) is 0 Å². The Hall–Kier alpha value is -0.0400. The number of rotatable bonds is 4. The van der Waals surface area contributed by atoms with Crippen LogP contribution >= 0.6 is 0 Å². The molecule has 0 unspecified atom stereocenters. The Labute approximate surface area is 83.5 Å². The van der Waals surface area contributed by atoms with E-state index >= 15 is 0 Å². The molecule has 1 heteroatoms.